The Bertz CT molecular complexity index is 1530. The van der Waals surface area contributed by atoms with Gasteiger partial charge < -0.3 is 19.7 Å². The number of anilines is 2. The first kappa shape index (κ1) is 27.6. The molecule has 8 nitrogen and oxygen atoms in total. The second-order valence-electron chi connectivity index (χ2n) is 10.2. The summed E-state index contributed by atoms with van der Waals surface area (Å²) in [6.07, 6.45) is -1.98. The average Bonchev–Trinajstić information content (AvgIpc) is 3.19. The molecular formula is C29H30F3N5O3. The highest BCUT2D eigenvalue weighted by molar-refractivity contribution is 5.81. The smallest absolute Gasteiger partial charge is 0.401 e. The van der Waals surface area contributed by atoms with Crippen LogP contribution < -0.4 is 10.1 Å². The highest BCUT2D eigenvalue weighted by atomic mass is 19.4. The lowest BCUT2D eigenvalue weighted by molar-refractivity contribution is -0.154. The Morgan fingerprint density at radius 1 is 1.10 bits per heavy atom. The van der Waals surface area contributed by atoms with Crippen LogP contribution in [0, 0.1) is 0 Å². The van der Waals surface area contributed by atoms with Crippen molar-refractivity contribution >= 4 is 28.5 Å². The second-order valence-corrected chi connectivity index (χ2v) is 10.2. The summed E-state index contributed by atoms with van der Waals surface area (Å²) in [5.41, 5.74) is 2.36. The van der Waals surface area contributed by atoms with Gasteiger partial charge in [0.05, 0.1) is 28.9 Å². The third kappa shape index (κ3) is 6.43. The van der Waals surface area contributed by atoms with Crippen molar-refractivity contribution in [2.45, 2.75) is 38.0 Å². The number of piperidine rings is 1. The monoisotopic (exact) mass is 553 g/mol. The molecule has 0 atom stereocenters. The number of carbonyl (C=O) groups excluding carboxylic acids is 1. The standard InChI is InChI=1S/C29H30F3N5O3/c1-19(38)14-22-16-24(8-11-33-22)40-23-6-7-26-25(17-23)35-27(36(26)2)34-21-5-3-4-20(15-21)28(39)9-12-37(13-10-28)18-29(30,31)32/h3-8,11,15-17,39H,9-10,12-14,18H2,1-2H3,(H,34,35). The largest absolute Gasteiger partial charge is 0.457 e. The number of aliphatic hydroxyl groups is 1. The van der Waals surface area contributed by atoms with E-state index in [1.54, 1.807) is 30.5 Å². The molecule has 5 rings (SSSR count). The Kier molecular flexibility index (Phi) is 7.52. The molecule has 4 aromatic rings. The molecule has 1 aliphatic rings. The fraction of sp³-hybridized carbons (Fsp3) is 0.345. The molecule has 1 fully saturated rings. The van der Waals surface area contributed by atoms with Gasteiger partial charge in [-0.15, -0.1) is 0 Å². The minimum absolute atomic E-state index is 0.0191. The van der Waals surface area contributed by atoms with Crippen LogP contribution in [0.1, 0.15) is 31.0 Å². The van der Waals surface area contributed by atoms with Gasteiger partial charge in [-0.25, -0.2) is 4.98 Å². The van der Waals surface area contributed by atoms with Gasteiger partial charge in [0.2, 0.25) is 5.95 Å². The minimum Gasteiger partial charge on any atom is -0.457 e. The van der Waals surface area contributed by atoms with Gasteiger partial charge in [0.25, 0.3) is 0 Å². The lowest BCUT2D eigenvalue weighted by Gasteiger charge is -2.38. The summed E-state index contributed by atoms with van der Waals surface area (Å²) in [7, 11) is 1.88. The molecule has 210 valence electrons. The molecule has 11 heteroatoms. The van der Waals surface area contributed by atoms with E-state index in [-0.39, 0.29) is 38.1 Å². The van der Waals surface area contributed by atoms with Crippen LogP contribution in [0.5, 0.6) is 11.5 Å². The Balaban J connectivity index is 1.30. The maximum atomic E-state index is 12.8. The lowest BCUT2D eigenvalue weighted by Crippen LogP contribution is -2.45. The number of aromatic nitrogens is 3. The molecule has 1 saturated heterocycles. The molecule has 0 saturated carbocycles. The SMILES string of the molecule is CC(=O)Cc1cc(Oc2ccc3c(c2)nc(Nc2cccc(C4(O)CCN(CC(F)(F)F)CC4)c2)n3C)ccn1. The first-order valence-corrected chi connectivity index (χ1v) is 13.0. The van der Waals surface area contributed by atoms with Crippen LogP contribution in [0.15, 0.2) is 60.8 Å². The number of hydrogen-bond donors (Lipinski definition) is 2. The number of fused-ring (bicyclic) bond motifs is 1. The summed E-state index contributed by atoms with van der Waals surface area (Å²) in [4.78, 5) is 21.7. The van der Waals surface area contributed by atoms with Crippen LogP contribution in [-0.2, 0) is 23.9 Å². The van der Waals surface area contributed by atoms with Crippen molar-refractivity contribution in [3.05, 3.63) is 72.1 Å². The Labute approximate surface area is 229 Å². The summed E-state index contributed by atoms with van der Waals surface area (Å²) in [5, 5.41) is 14.5. The summed E-state index contributed by atoms with van der Waals surface area (Å²) in [5.74, 6) is 1.74. The maximum absolute atomic E-state index is 12.8. The van der Waals surface area contributed by atoms with Crippen LogP contribution in [0.2, 0.25) is 0 Å². The number of ketones is 1. The van der Waals surface area contributed by atoms with Crippen LogP contribution in [-0.4, -0.2) is 56.1 Å². The lowest BCUT2D eigenvalue weighted by atomic mass is 9.84. The second kappa shape index (κ2) is 10.9. The molecule has 40 heavy (non-hydrogen) atoms. The number of alkyl halides is 3. The zero-order valence-electron chi connectivity index (χ0n) is 22.2. The Hall–Kier alpha value is -3.96. The minimum atomic E-state index is -4.25. The molecular weight excluding hydrogens is 523 g/mol. The number of aryl methyl sites for hydroxylation is 1. The Morgan fingerprint density at radius 2 is 1.85 bits per heavy atom. The number of rotatable bonds is 8. The molecule has 0 bridgehead atoms. The van der Waals surface area contributed by atoms with Gasteiger partial charge in [-0.05, 0) is 55.7 Å². The quantitative estimate of drug-likeness (QED) is 0.299. The molecule has 3 heterocycles. The third-order valence-electron chi connectivity index (χ3n) is 7.05. The van der Waals surface area contributed by atoms with Gasteiger partial charge in [0, 0.05) is 50.6 Å². The van der Waals surface area contributed by atoms with E-state index in [9.17, 15) is 23.1 Å². The van der Waals surface area contributed by atoms with E-state index in [1.807, 2.05) is 41.9 Å². The maximum Gasteiger partial charge on any atom is 0.401 e. The van der Waals surface area contributed by atoms with Crippen LogP contribution in [0.25, 0.3) is 11.0 Å². The summed E-state index contributed by atoms with van der Waals surface area (Å²) in [6, 6.07) is 16.3. The van der Waals surface area contributed by atoms with Crippen molar-refractivity contribution < 1.29 is 27.8 Å². The van der Waals surface area contributed by atoms with Crippen molar-refractivity contribution in [2.75, 3.05) is 25.0 Å². The number of halogens is 3. The summed E-state index contributed by atoms with van der Waals surface area (Å²) >= 11 is 0. The van der Waals surface area contributed by atoms with Gasteiger partial charge in [0.1, 0.15) is 17.3 Å². The van der Waals surface area contributed by atoms with Gasteiger partial charge in [-0.1, -0.05) is 12.1 Å². The van der Waals surface area contributed by atoms with E-state index >= 15 is 0 Å². The number of nitrogens with one attached hydrogen (secondary N) is 1. The normalized spacial score (nSPS) is 15.8. The molecule has 0 spiro atoms. The number of Topliss-reactive ketones (excluding diaryl/α,β-unsaturated/α-hetero) is 1. The summed E-state index contributed by atoms with van der Waals surface area (Å²) in [6.45, 7) is 0.882. The molecule has 2 aromatic carbocycles. The average molecular weight is 554 g/mol. The predicted molar refractivity (Wildman–Crippen MR) is 145 cm³/mol. The van der Waals surface area contributed by atoms with E-state index in [0.29, 0.717) is 39.9 Å². The number of pyridine rings is 1. The van der Waals surface area contributed by atoms with Gasteiger partial charge in [-0.3, -0.25) is 14.7 Å². The zero-order chi connectivity index (χ0) is 28.5. The van der Waals surface area contributed by atoms with Crippen molar-refractivity contribution in [1.29, 1.82) is 0 Å². The molecule has 0 radical (unpaired) electrons. The van der Waals surface area contributed by atoms with Gasteiger partial charge in [0.15, 0.2) is 0 Å². The van der Waals surface area contributed by atoms with Crippen LogP contribution in [0.3, 0.4) is 0 Å². The molecule has 0 amide bonds. The van der Waals surface area contributed by atoms with E-state index < -0.39 is 18.3 Å². The molecule has 1 aliphatic heterocycles. The van der Waals surface area contributed by atoms with Crippen molar-refractivity contribution in [2.24, 2.45) is 7.05 Å². The van der Waals surface area contributed by atoms with Crippen molar-refractivity contribution in [1.82, 2.24) is 19.4 Å². The number of carbonyl (C=O) groups is 1. The number of ether oxygens (including phenoxy) is 1. The first-order chi connectivity index (χ1) is 19.0. The summed E-state index contributed by atoms with van der Waals surface area (Å²) < 4.78 is 46.2. The number of nitrogens with zero attached hydrogens (tertiary/aromatic N) is 4. The van der Waals surface area contributed by atoms with Crippen LogP contribution in [0.4, 0.5) is 24.8 Å². The molecule has 2 aromatic heterocycles. The van der Waals surface area contributed by atoms with Gasteiger partial charge >= 0.3 is 6.18 Å². The third-order valence-corrected chi connectivity index (χ3v) is 7.05. The van der Waals surface area contributed by atoms with Gasteiger partial charge in [-0.2, -0.15) is 13.2 Å². The van der Waals surface area contributed by atoms with Crippen molar-refractivity contribution in [3.8, 4) is 11.5 Å². The highest BCUT2D eigenvalue weighted by Crippen LogP contribution is 2.36. The molecule has 0 unspecified atom stereocenters. The Morgan fingerprint density at radius 3 is 2.58 bits per heavy atom. The first-order valence-electron chi connectivity index (χ1n) is 13.0. The number of hydrogen-bond acceptors (Lipinski definition) is 7. The van der Waals surface area contributed by atoms with Crippen molar-refractivity contribution in [3.63, 3.8) is 0 Å². The topological polar surface area (TPSA) is 92.5 Å². The molecule has 2 N–H and O–H groups in total. The number of likely N-dealkylation sites (tertiary alicyclic amines) is 1. The number of imidazole rings is 1. The number of benzene rings is 2. The van der Waals surface area contributed by atoms with Crippen LogP contribution >= 0.6 is 0 Å². The van der Waals surface area contributed by atoms with E-state index in [2.05, 4.69) is 10.3 Å². The zero-order valence-corrected chi connectivity index (χ0v) is 22.2. The highest BCUT2D eigenvalue weighted by Gasteiger charge is 2.38. The molecule has 0 aliphatic carbocycles. The van der Waals surface area contributed by atoms with E-state index in [4.69, 9.17) is 9.72 Å². The van der Waals surface area contributed by atoms with E-state index in [0.717, 1.165) is 5.52 Å². The fourth-order valence-electron chi connectivity index (χ4n) is 5.00. The predicted octanol–water partition coefficient (Wildman–Crippen LogP) is 5.48. The fourth-order valence-corrected chi connectivity index (χ4v) is 5.00. The van der Waals surface area contributed by atoms with E-state index in [1.165, 1.54) is 11.8 Å².